The Bertz CT molecular complexity index is 1010. The second-order valence-corrected chi connectivity index (χ2v) is 23.3. The number of nitrogens with two attached hydrogens (primary N) is 2. The van der Waals surface area contributed by atoms with Crippen molar-refractivity contribution in [1.29, 1.82) is 0 Å². The van der Waals surface area contributed by atoms with Crippen LogP contribution in [0.5, 0.6) is 0 Å². The van der Waals surface area contributed by atoms with E-state index in [2.05, 4.69) is 0 Å². The van der Waals surface area contributed by atoms with E-state index in [1.165, 1.54) is 0 Å². The number of hydrogen-bond donors (Lipinski definition) is 19. The highest BCUT2D eigenvalue weighted by Crippen LogP contribution is 2.53. The van der Waals surface area contributed by atoms with Crippen LogP contribution in [0, 0.1) is 0 Å². The van der Waals surface area contributed by atoms with Gasteiger partial charge in [-0.15, -0.1) is 0 Å². The summed E-state index contributed by atoms with van der Waals surface area (Å²) in [6, 6.07) is -0.716. The van der Waals surface area contributed by atoms with Crippen LogP contribution in [0.4, 0.5) is 0 Å². The molecule has 28 nitrogen and oxygen atoms in total. The van der Waals surface area contributed by atoms with Gasteiger partial charge in [0.2, 0.25) is 0 Å². The van der Waals surface area contributed by atoms with Crippen LogP contribution in [0.1, 0.15) is 19.3 Å². The van der Waals surface area contributed by atoms with E-state index in [9.17, 15) is 41.3 Å². The molecule has 0 aliphatic rings. The fraction of sp³-hybridized carbons (Fsp3) is 0.900. The molecule has 0 saturated heterocycles. The average molecular weight is 850 g/mol. The van der Waals surface area contributed by atoms with Crippen LogP contribution in [-0.4, -0.2) is 126 Å². The Balaban J connectivity index is -0.000000152. The van der Waals surface area contributed by atoms with Gasteiger partial charge in [0.1, 0.15) is 6.04 Å². The molecule has 0 amide bonds. The Morgan fingerprint density at radius 2 is 0.609 bits per heavy atom. The summed E-state index contributed by atoms with van der Waals surface area (Å²) in [5.74, 6) is -6.43. The van der Waals surface area contributed by atoms with E-state index in [-0.39, 0.29) is 0 Å². The number of aliphatic carboxylic acids is 1. The van der Waals surface area contributed by atoms with Crippen molar-refractivity contribution in [2.45, 2.75) is 25.3 Å². The summed E-state index contributed by atoms with van der Waals surface area (Å²) in [4.78, 5) is 138. The summed E-state index contributed by atoms with van der Waals surface area (Å²) < 4.78 is 78.8. The monoisotopic (exact) mass is 850 g/mol. The Morgan fingerprint density at radius 3 is 0.696 bits per heavy atom. The van der Waals surface area contributed by atoms with Crippen LogP contribution in [0.3, 0.4) is 0 Å². The van der Waals surface area contributed by atoms with Gasteiger partial charge < -0.3 is 94.9 Å². The molecule has 0 aromatic rings. The normalized spacial score (nSPS) is 13.6. The first-order valence-corrected chi connectivity index (χ1v) is 24.9. The summed E-state index contributed by atoms with van der Waals surface area (Å²) in [5, 5.41) is 8.33. The van der Waals surface area contributed by atoms with Gasteiger partial charge >= 0.3 is 66.7 Å². The van der Waals surface area contributed by atoms with Gasteiger partial charge in [-0.25, -0.2) is 0 Å². The maximum Gasteiger partial charge on any atom is 0.337 e. The molecule has 0 aliphatic heterocycles. The third-order valence-electron chi connectivity index (χ3n) is 2.76. The average Bonchev–Trinajstić information content (AvgIpc) is 2.57. The minimum atomic E-state index is -4.55. The highest BCUT2D eigenvalue weighted by atomic mass is 31.3. The standard InChI is InChI=1S/C6H14N2O2.4CH6O6P2/c7-4-2-1-3-5(8)6(9)10;4*2-8(3,4)1-9(5,6)7/h5H,1-4,7-8H2,(H,9,10);4*1H2,(H2,2,3,4)(H2,5,6,7)/t5-;;;;/m0..../s1. The summed E-state index contributed by atoms with van der Waals surface area (Å²) in [5.41, 5.74) is 10.4. The van der Waals surface area contributed by atoms with Gasteiger partial charge in [-0.05, 0) is 19.4 Å². The zero-order chi connectivity index (χ0) is 38.8. The minimum absolute atomic E-state index is 0.520. The van der Waals surface area contributed by atoms with Crippen LogP contribution >= 0.6 is 60.8 Å². The van der Waals surface area contributed by atoms with Crippen molar-refractivity contribution < 1.29 is 125 Å². The molecule has 1 atom stereocenters. The maximum absolute atomic E-state index is 10.1. The van der Waals surface area contributed by atoms with E-state index >= 15 is 0 Å². The van der Waals surface area contributed by atoms with Crippen molar-refractivity contribution in [3.05, 3.63) is 0 Å². The molecular weight excluding hydrogens is 812 g/mol. The van der Waals surface area contributed by atoms with Crippen molar-refractivity contribution in [3.63, 3.8) is 0 Å². The molecule has 46 heavy (non-hydrogen) atoms. The van der Waals surface area contributed by atoms with Crippen LogP contribution < -0.4 is 11.5 Å². The van der Waals surface area contributed by atoms with E-state index in [0.29, 0.717) is 13.0 Å². The van der Waals surface area contributed by atoms with Crippen LogP contribution in [-0.2, 0) is 41.3 Å². The lowest BCUT2D eigenvalue weighted by molar-refractivity contribution is -0.138. The molecule has 0 fully saturated rings. The highest BCUT2D eigenvalue weighted by molar-refractivity contribution is 7.70. The fourth-order valence-corrected chi connectivity index (χ4v) is 9.27. The molecule has 36 heteroatoms. The SMILES string of the molecule is NCCCC[C@H](N)C(=O)O.O=P(O)(O)CP(=O)(O)O.O=P(O)(O)CP(=O)(O)O.O=P(O)(O)CP(=O)(O)O.O=P(O)(O)CP(=O)(O)O. The lowest BCUT2D eigenvalue weighted by Gasteiger charge is -2.03. The lowest BCUT2D eigenvalue weighted by Crippen LogP contribution is -2.29. The van der Waals surface area contributed by atoms with E-state index in [4.69, 9.17) is 94.9 Å². The number of rotatable bonds is 13. The molecule has 0 aromatic heterocycles. The molecule has 0 spiro atoms. The van der Waals surface area contributed by atoms with E-state index < -0.39 is 96.4 Å². The molecule has 0 saturated carbocycles. The largest absolute Gasteiger partial charge is 0.480 e. The Labute approximate surface area is 258 Å². The van der Waals surface area contributed by atoms with Gasteiger partial charge in [0.25, 0.3) is 0 Å². The topological polar surface area (TPSA) is 550 Å². The number of carboxylic acids is 1. The van der Waals surface area contributed by atoms with Gasteiger partial charge in [-0.1, -0.05) is 6.42 Å². The molecule has 0 bridgehead atoms. The molecule has 0 heterocycles. The molecule has 0 aromatic carbocycles. The van der Waals surface area contributed by atoms with Gasteiger partial charge in [-0.3, -0.25) is 41.3 Å². The van der Waals surface area contributed by atoms with Crippen LogP contribution in [0.2, 0.25) is 0 Å². The third kappa shape index (κ3) is 75.1. The zero-order valence-corrected chi connectivity index (χ0v) is 29.9. The quantitative estimate of drug-likeness (QED) is 0.0638. The number of carboxylic acid groups (broad SMARTS) is 1. The number of carbonyl (C=O) groups is 1. The highest BCUT2D eigenvalue weighted by Gasteiger charge is 2.28. The van der Waals surface area contributed by atoms with E-state index in [1.54, 1.807) is 0 Å². The predicted molar refractivity (Wildman–Crippen MR) is 154 cm³/mol. The Kier molecular flexibility index (Phi) is 28.2. The third-order valence-corrected chi connectivity index (χ3v) is 14.6. The van der Waals surface area contributed by atoms with Crippen LogP contribution in [0.25, 0.3) is 0 Å². The van der Waals surface area contributed by atoms with E-state index in [1.807, 2.05) is 0 Å². The number of hydrogen-bond acceptors (Lipinski definition) is 11. The predicted octanol–water partition coefficient (Wildman–Crippen LogP) is -3.28. The van der Waals surface area contributed by atoms with Crippen molar-refractivity contribution in [2.75, 3.05) is 30.2 Å². The Hall–Kier alpha value is 0.590. The molecule has 0 rings (SSSR count). The zero-order valence-electron chi connectivity index (χ0n) is 22.7. The number of unbranched alkanes of at least 4 members (excludes halogenated alkanes) is 1. The second kappa shape index (κ2) is 23.1. The first kappa shape index (κ1) is 56.0. The summed E-state index contributed by atoms with van der Waals surface area (Å²) in [7, 11) is -36.4. The summed E-state index contributed by atoms with van der Waals surface area (Å²) in [6.45, 7) is 0.604. The molecule has 21 N–H and O–H groups in total. The van der Waals surface area contributed by atoms with Crippen molar-refractivity contribution in [2.24, 2.45) is 11.5 Å². The smallest absolute Gasteiger partial charge is 0.337 e. The van der Waals surface area contributed by atoms with Crippen LogP contribution in [0.15, 0.2) is 0 Å². The summed E-state index contributed by atoms with van der Waals surface area (Å²) >= 11 is 0. The maximum atomic E-state index is 10.1. The minimum Gasteiger partial charge on any atom is -0.480 e. The van der Waals surface area contributed by atoms with Crippen molar-refractivity contribution >= 4 is 66.7 Å². The lowest BCUT2D eigenvalue weighted by atomic mass is 10.1. The molecule has 0 radical (unpaired) electrons. The molecular formula is C10H38N2O26P8. The first-order valence-electron chi connectivity index (χ1n) is 10.6. The van der Waals surface area contributed by atoms with Gasteiger partial charge in [0.15, 0.2) is 23.6 Å². The fourth-order valence-electron chi connectivity index (χ4n) is 1.59. The van der Waals surface area contributed by atoms with E-state index in [0.717, 1.165) is 12.8 Å². The van der Waals surface area contributed by atoms with Crippen molar-refractivity contribution in [1.82, 2.24) is 0 Å². The van der Waals surface area contributed by atoms with Crippen molar-refractivity contribution in [3.8, 4) is 0 Å². The second-order valence-electron chi connectivity index (χ2n) is 8.11. The molecule has 284 valence electrons. The van der Waals surface area contributed by atoms with Gasteiger partial charge in [0.05, 0.1) is 0 Å². The Morgan fingerprint density at radius 1 is 0.435 bits per heavy atom. The van der Waals surface area contributed by atoms with Gasteiger partial charge in [-0.2, -0.15) is 0 Å². The molecule has 0 unspecified atom stereocenters. The van der Waals surface area contributed by atoms with Gasteiger partial charge in [0, 0.05) is 0 Å². The molecule has 0 aliphatic carbocycles. The summed E-state index contributed by atoms with van der Waals surface area (Å²) in [6.07, 6.45) is 2.16. The first-order chi connectivity index (χ1) is 19.5.